The quantitative estimate of drug-likeness (QED) is 0.788. The van der Waals surface area contributed by atoms with E-state index in [2.05, 4.69) is 9.97 Å². The van der Waals surface area contributed by atoms with E-state index in [-0.39, 0.29) is 5.69 Å². The van der Waals surface area contributed by atoms with Gasteiger partial charge in [-0.3, -0.25) is 0 Å². The highest BCUT2D eigenvalue weighted by molar-refractivity contribution is 7.18. The third-order valence-corrected chi connectivity index (χ3v) is 4.40. The van der Waals surface area contributed by atoms with Crippen LogP contribution in [0.3, 0.4) is 0 Å². The molecule has 0 unspecified atom stereocenters. The Morgan fingerprint density at radius 2 is 2.06 bits per heavy atom. The first kappa shape index (κ1) is 10.7. The summed E-state index contributed by atoms with van der Waals surface area (Å²) in [6.07, 6.45) is 6.90. The molecule has 1 aliphatic carbocycles. The highest BCUT2D eigenvalue weighted by atomic mass is 32.1. The topological polar surface area (TPSA) is 63.1 Å². The van der Waals surface area contributed by atoms with Crippen LogP contribution in [0.5, 0.6) is 0 Å². The Balaban J connectivity index is 2.30. The van der Waals surface area contributed by atoms with Gasteiger partial charge in [-0.25, -0.2) is 14.8 Å². The Morgan fingerprint density at radius 3 is 2.88 bits per heavy atom. The summed E-state index contributed by atoms with van der Waals surface area (Å²) in [4.78, 5) is 21.4. The van der Waals surface area contributed by atoms with E-state index in [1.807, 2.05) is 0 Å². The van der Waals surface area contributed by atoms with Gasteiger partial charge in [-0.15, -0.1) is 11.3 Å². The average Bonchev–Trinajstić information content (AvgIpc) is 2.52. The maximum Gasteiger partial charge on any atom is 0.355 e. The molecule has 0 saturated heterocycles. The lowest BCUT2D eigenvalue weighted by Crippen LogP contribution is -2.02. The van der Waals surface area contributed by atoms with Crippen molar-refractivity contribution in [3.8, 4) is 0 Å². The van der Waals surface area contributed by atoms with Gasteiger partial charge in [0, 0.05) is 10.3 Å². The summed E-state index contributed by atoms with van der Waals surface area (Å²) in [5, 5.41) is 9.97. The lowest BCUT2D eigenvalue weighted by molar-refractivity contribution is 0.0692. The molecule has 0 radical (unpaired) electrons. The van der Waals surface area contributed by atoms with Crippen molar-refractivity contribution < 1.29 is 9.90 Å². The molecule has 4 nitrogen and oxygen atoms in total. The van der Waals surface area contributed by atoms with Crippen molar-refractivity contribution >= 4 is 27.5 Å². The minimum absolute atomic E-state index is 0.161. The van der Waals surface area contributed by atoms with E-state index in [0.717, 1.165) is 29.5 Å². The number of hydrogen-bond acceptors (Lipinski definition) is 4. The van der Waals surface area contributed by atoms with Gasteiger partial charge in [-0.1, -0.05) is 6.42 Å². The van der Waals surface area contributed by atoms with E-state index in [9.17, 15) is 9.90 Å². The minimum atomic E-state index is -0.956. The molecule has 1 aliphatic rings. The van der Waals surface area contributed by atoms with Gasteiger partial charge in [0.2, 0.25) is 0 Å². The molecule has 3 rings (SSSR count). The van der Waals surface area contributed by atoms with Crippen LogP contribution < -0.4 is 0 Å². The second-order valence-corrected chi connectivity index (χ2v) is 5.36. The normalized spacial score (nSPS) is 15.5. The number of nitrogens with zero attached hydrogens (tertiary/aromatic N) is 2. The van der Waals surface area contributed by atoms with Crippen LogP contribution in [-0.2, 0) is 12.8 Å². The summed E-state index contributed by atoms with van der Waals surface area (Å²) in [6.45, 7) is 0. The number of thiophene rings is 1. The molecule has 0 fully saturated rings. The van der Waals surface area contributed by atoms with Crippen LogP contribution in [0.15, 0.2) is 6.33 Å². The van der Waals surface area contributed by atoms with Crippen molar-refractivity contribution in [2.45, 2.75) is 32.1 Å². The van der Waals surface area contributed by atoms with Crippen molar-refractivity contribution in [1.82, 2.24) is 9.97 Å². The predicted molar refractivity (Wildman–Crippen MR) is 65.6 cm³/mol. The molecular formula is C12H12N2O2S. The van der Waals surface area contributed by atoms with Gasteiger partial charge in [0.15, 0.2) is 5.69 Å². The van der Waals surface area contributed by atoms with Crippen molar-refractivity contribution in [1.29, 1.82) is 0 Å². The van der Waals surface area contributed by atoms with Gasteiger partial charge < -0.3 is 5.11 Å². The van der Waals surface area contributed by atoms with Crippen molar-refractivity contribution in [3.63, 3.8) is 0 Å². The molecule has 2 heterocycles. The largest absolute Gasteiger partial charge is 0.476 e. The minimum Gasteiger partial charge on any atom is -0.476 e. The number of aromatic carboxylic acids is 1. The molecule has 0 atom stereocenters. The number of fused-ring (bicyclic) bond motifs is 3. The first-order valence-electron chi connectivity index (χ1n) is 5.76. The molecule has 17 heavy (non-hydrogen) atoms. The van der Waals surface area contributed by atoms with Crippen LogP contribution in [0.25, 0.3) is 10.2 Å². The van der Waals surface area contributed by atoms with Crippen molar-refractivity contribution in [2.75, 3.05) is 0 Å². The molecule has 88 valence electrons. The standard InChI is InChI=1S/C12H12N2O2S/c15-12(16)10-9-7-4-2-1-3-5-8(7)17-11(9)14-6-13-10/h6H,1-5H2,(H,15,16). The molecular weight excluding hydrogens is 236 g/mol. The second-order valence-electron chi connectivity index (χ2n) is 4.27. The van der Waals surface area contributed by atoms with Crippen LogP contribution in [0.1, 0.15) is 40.2 Å². The molecule has 5 heteroatoms. The molecule has 0 bridgehead atoms. The van der Waals surface area contributed by atoms with E-state index in [0.29, 0.717) is 0 Å². The number of aryl methyl sites for hydroxylation is 2. The average molecular weight is 248 g/mol. The van der Waals surface area contributed by atoms with E-state index in [1.54, 1.807) is 11.3 Å². The Hall–Kier alpha value is -1.49. The van der Waals surface area contributed by atoms with E-state index in [1.165, 1.54) is 29.6 Å². The zero-order valence-corrected chi connectivity index (χ0v) is 10.1. The number of carboxylic acid groups (broad SMARTS) is 1. The summed E-state index contributed by atoms with van der Waals surface area (Å²) < 4.78 is 0. The lowest BCUT2D eigenvalue weighted by Gasteiger charge is -2.00. The van der Waals surface area contributed by atoms with Gasteiger partial charge in [-0.2, -0.15) is 0 Å². The van der Waals surface area contributed by atoms with E-state index >= 15 is 0 Å². The number of hydrogen-bond donors (Lipinski definition) is 1. The number of rotatable bonds is 1. The van der Waals surface area contributed by atoms with E-state index in [4.69, 9.17) is 0 Å². The summed E-state index contributed by atoms with van der Waals surface area (Å²) in [6, 6.07) is 0. The highest BCUT2D eigenvalue weighted by Crippen LogP contribution is 2.35. The summed E-state index contributed by atoms with van der Waals surface area (Å²) in [5.41, 5.74) is 1.34. The molecule has 0 aromatic carbocycles. The molecule has 0 saturated carbocycles. The number of aromatic nitrogens is 2. The van der Waals surface area contributed by atoms with Gasteiger partial charge in [-0.05, 0) is 31.2 Å². The third kappa shape index (κ3) is 1.70. The smallest absolute Gasteiger partial charge is 0.355 e. The molecule has 2 aromatic heterocycles. The highest BCUT2D eigenvalue weighted by Gasteiger charge is 2.21. The summed E-state index contributed by atoms with van der Waals surface area (Å²) >= 11 is 1.63. The van der Waals surface area contributed by atoms with Crippen LogP contribution in [0.2, 0.25) is 0 Å². The Bertz CT molecular complexity index is 591. The van der Waals surface area contributed by atoms with Crippen LogP contribution in [0, 0.1) is 0 Å². The first-order chi connectivity index (χ1) is 8.27. The fraction of sp³-hybridized carbons (Fsp3) is 0.417. The Labute approximate surface area is 102 Å². The van der Waals surface area contributed by atoms with Gasteiger partial charge in [0.25, 0.3) is 0 Å². The zero-order valence-electron chi connectivity index (χ0n) is 9.27. The van der Waals surface area contributed by atoms with Crippen LogP contribution >= 0.6 is 11.3 Å². The SMILES string of the molecule is O=C(O)c1ncnc2sc3c(c12)CCCCC3. The van der Waals surface area contributed by atoms with Crippen molar-refractivity contribution in [3.05, 3.63) is 22.5 Å². The zero-order chi connectivity index (χ0) is 11.8. The van der Waals surface area contributed by atoms with Crippen molar-refractivity contribution in [2.24, 2.45) is 0 Å². The molecule has 0 spiro atoms. The molecule has 1 N–H and O–H groups in total. The first-order valence-corrected chi connectivity index (χ1v) is 6.57. The van der Waals surface area contributed by atoms with Gasteiger partial charge in [0.05, 0.1) is 0 Å². The number of carboxylic acids is 1. The number of carbonyl (C=O) groups is 1. The van der Waals surface area contributed by atoms with Crippen LogP contribution in [0.4, 0.5) is 0 Å². The monoisotopic (exact) mass is 248 g/mol. The summed E-state index contributed by atoms with van der Waals surface area (Å²) in [7, 11) is 0. The predicted octanol–water partition coefficient (Wildman–Crippen LogP) is 2.66. The van der Waals surface area contributed by atoms with Crippen LogP contribution in [-0.4, -0.2) is 21.0 Å². The van der Waals surface area contributed by atoms with Gasteiger partial charge in [0.1, 0.15) is 11.2 Å². The summed E-state index contributed by atoms with van der Waals surface area (Å²) in [5.74, 6) is -0.956. The second kappa shape index (κ2) is 4.07. The fourth-order valence-electron chi connectivity index (χ4n) is 2.43. The van der Waals surface area contributed by atoms with Gasteiger partial charge >= 0.3 is 5.97 Å². The maximum absolute atomic E-state index is 11.2. The maximum atomic E-state index is 11.2. The molecule has 0 aliphatic heterocycles. The lowest BCUT2D eigenvalue weighted by atomic mass is 10.1. The van der Waals surface area contributed by atoms with E-state index < -0.39 is 5.97 Å². The Morgan fingerprint density at radius 1 is 1.24 bits per heavy atom. The molecule has 2 aromatic rings. The molecule has 0 amide bonds. The fourth-order valence-corrected chi connectivity index (χ4v) is 3.66. The Kier molecular flexibility index (Phi) is 2.55. The third-order valence-electron chi connectivity index (χ3n) is 3.20.